The molecule has 3 unspecified atom stereocenters. The first-order valence-corrected chi connectivity index (χ1v) is 7.45. The van der Waals surface area contributed by atoms with Crippen LogP contribution in [0.15, 0.2) is 0 Å². The van der Waals surface area contributed by atoms with Crippen LogP contribution in [0.2, 0.25) is 0 Å². The van der Waals surface area contributed by atoms with Crippen LogP contribution in [0.1, 0.15) is 39.5 Å². The number of carbonyl (C=O) groups is 1. The van der Waals surface area contributed by atoms with E-state index in [1.54, 1.807) is 6.92 Å². The highest BCUT2D eigenvalue weighted by Crippen LogP contribution is 2.30. The van der Waals surface area contributed by atoms with Gasteiger partial charge in [0.05, 0.1) is 12.7 Å². The first-order chi connectivity index (χ1) is 9.10. The van der Waals surface area contributed by atoms with E-state index in [4.69, 9.17) is 4.74 Å². The topological polar surface area (TPSA) is 61.8 Å². The third kappa shape index (κ3) is 3.83. The average molecular weight is 270 g/mol. The number of nitrogens with zero attached hydrogens (tertiary/aromatic N) is 1. The predicted molar refractivity (Wildman–Crippen MR) is 72.9 cm³/mol. The highest BCUT2D eigenvalue weighted by molar-refractivity contribution is 5.67. The van der Waals surface area contributed by atoms with Crippen LogP contribution in [0, 0.1) is 5.92 Å². The van der Waals surface area contributed by atoms with E-state index >= 15 is 0 Å². The first-order valence-electron chi connectivity index (χ1n) is 7.45. The number of piperidine rings is 1. The summed E-state index contributed by atoms with van der Waals surface area (Å²) in [5.74, 6) is 0.237. The Morgan fingerprint density at radius 2 is 2.21 bits per heavy atom. The minimum atomic E-state index is -0.340. The molecule has 2 rings (SSSR count). The summed E-state index contributed by atoms with van der Waals surface area (Å²) in [5, 5.41) is 12.8. The Bertz CT molecular complexity index is 305. The Morgan fingerprint density at radius 1 is 1.47 bits per heavy atom. The number of amides is 1. The molecule has 2 fully saturated rings. The second-order valence-electron chi connectivity index (χ2n) is 5.84. The molecule has 0 radical (unpaired) electrons. The molecule has 0 aromatic carbocycles. The van der Waals surface area contributed by atoms with Gasteiger partial charge in [0.25, 0.3) is 0 Å². The van der Waals surface area contributed by atoms with E-state index in [1.807, 2.05) is 6.92 Å². The van der Waals surface area contributed by atoms with Crippen molar-refractivity contribution < 1.29 is 14.6 Å². The Kier molecular flexibility index (Phi) is 5.05. The molecule has 1 saturated heterocycles. The van der Waals surface area contributed by atoms with E-state index in [2.05, 4.69) is 10.2 Å². The summed E-state index contributed by atoms with van der Waals surface area (Å²) in [5.41, 5.74) is 0. The van der Waals surface area contributed by atoms with E-state index in [9.17, 15) is 9.90 Å². The van der Waals surface area contributed by atoms with Gasteiger partial charge in [-0.1, -0.05) is 6.42 Å². The maximum atomic E-state index is 11.5. The lowest BCUT2D eigenvalue weighted by molar-refractivity contribution is 0.0102. The van der Waals surface area contributed by atoms with Crippen LogP contribution in [-0.2, 0) is 4.74 Å². The van der Waals surface area contributed by atoms with Crippen molar-refractivity contribution in [1.82, 2.24) is 10.2 Å². The predicted octanol–water partition coefficient (Wildman–Crippen LogP) is 1.36. The molecular formula is C14H26N2O3. The van der Waals surface area contributed by atoms with Gasteiger partial charge in [-0.15, -0.1) is 0 Å². The van der Waals surface area contributed by atoms with Crippen LogP contribution in [-0.4, -0.2) is 54.0 Å². The molecule has 110 valence electrons. The fraction of sp³-hybridized carbons (Fsp3) is 0.929. The Hall–Kier alpha value is -0.810. The molecule has 1 amide bonds. The maximum Gasteiger partial charge on any atom is 0.407 e. The standard InChI is InChI=1S/C14H26N2O3/c1-3-19-14(18)15-12-7-11(10(2)17)8-16(9-12)13-5-4-6-13/h10-13,17H,3-9H2,1-2H3,(H,15,18). The van der Waals surface area contributed by atoms with Crippen molar-refractivity contribution in [3.63, 3.8) is 0 Å². The molecule has 2 N–H and O–H groups in total. The number of hydrogen-bond donors (Lipinski definition) is 2. The molecule has 3 atom stereocenters. The molecule has 2 aliphatic rings. The van der Waals surface area contributed by atoms with E-state index < -0.39 is 0 Å². The van der Waals surface area contributed by atoms with E-state index in [1.165, 1.54) is 19.3 Å². The smallest absolute Gasteiger partial charge is 0.407 e. The summed E-state index contributed by atoms with van der Waals surface area (Å²) in [6, 6.07) is 0.737. The fourth-order valence-corrected chi connectivity index (χ4v) is 3.02. The van der Waals surface area contributed by atoms with E-state index in [0.717, 1.165) is 19.5 Å². The van der Waals surface area contributed by atoms with Gasteiger partial charge in [0.15, 0.2) is 0 Å². The van der Waals surface area contributed by atoms with Gasteiger partial charge in [-0.25, -0.2) is 4.79 Å². The van der Waals surface area contributed by atoms with Crippen LogP contribution >= 0.6 is 0 Å². The number of likely N-dealkylation sites (tertiary alicyclic amines) is 1. The van der Waals surface area contributed by atoms with Crippen molar-refractivity contribution >= 4 is 6.09 Å². The fourth-order valence-electron chi connectivity index (χ4n) is 3.02. The lowest BCUT2D eigenvalue weighted by Gasteiger charge is -2.45. The zero-order valence-electron chi connectivity index (χ0n) is 12.0. The van der Waals surface area contributed by atoms with Crippen molar-refractivity contribution in [2.75, 3.05) is 19.7 Å². The number of nitrogens with one attached hydrogen (secondary N) is 1. The second-order valence-corrected chi connectivity index (χ2v) is 5.84. The van der Waals surface area contributed by atoms with E-state index in [-0.39, 0.29) is 24.2 Å². The zero-order chi connectivity index (χ0) is 13.8. The molecule has 1 aliphatic carbocycles. The summed E-state index contributed by atoms with van der Waals surface area (Å²) in [7, 11) is 0. The number of rotatable bonds is 4. The van der Waals surface area contributed by atoms with Crippen molar-refractivity contribution in [3.05, 3.63) is 0 Å². The molecule has 0 aromatic rings. The molecule has 0 aromatic heterocycles. The van der Waals surface area contributed by atoms with Gasteiger partial charge in [0.1, 0.15) is 0 Å². The van der Waals surface area contributed by atoms with Gasteiger partial charge in [-0.2, -0.15) is 0 Å². The number of aliphatic hydroxyl groups is 1. The molecule has 1 aliphatic heterocycles. The zero-order valence-corrected chi connectivity index (χ0v) is 12.0. The highest BCUT2D eigenvalue weighted by atomic mass is 16.5. The Morgan fingerprint density at radius 3 is 2.74 bits per heavy atom. The summed E-state index contributed by atoms with van der Waals surface area (Å²) >= 11 is 0. The van der Waals surface area contributed by atoms with Crippen molar-refractivity contribution in [2.45, 2.75) is 57.7 Å². The average Bonchev–Trinajstić information content (AvgIpc) is 2.26. The summed E-state index contributed by atoms with van der Waals surface area (Å²) in [6.45, 7) is 5.87. The maximum absolute atomic E-state index is 11.5. The number of carbonyl (C=O) groups excluding carboxylic acids is 1. The Labute approximate surface area is 115 Å². The van der Waals surface area contributed by atoms with Crippen molar-refractivity contribution in [1.29, 1.82) is 0 Å². The molecule has 0 bridgehead atoms. The number of ether oxygens (including phenoxy) is 1. The van der Waals surface area contributed by atoms with Crippen molar-refractivity contribution in [2.24, 2.45) is 5.92 Å². The summed E-state index contributed by atoms with van der Waals surface area (Å²) in [6.07, 6.45) is 3.97. The molecule has 5 heteroatoms. The second kappa shape index (κ2) is 6.57. The van der Waals surface area contributed by atoms with Gasteiger partial charge in [-0.05, 0) is 39.0 Å². The van der Waals surface area contributed by atoms with Crippen LogP contribution in [0.25, 0.3) is 0 Å². The third-order valence-corrected chi connectivity index (χ3v) is 4.38. The highest BCUT2D eigenvalue weighted by Gasteiger charge is 2.35. The lowest BCUT2D eigenvalue weighted by atomic mass is 9.85. The summed E-state index contributed by atoms with van der Waals surface area (Å²) < 4.78 is 4.95. The van der Waals surface area contributed by atoms with Crippen LogP contribution in [0.5, 0.6) is 0 Å². The molecule has 1 saturated carbocycles. The van der Waals surface area contributed by atoms with Crippen LogP contribution in [0.4, 0.5) is 4.79 Å². The van der Waals surface area contributed by atoms with Gasteiger partial charge >= 0.3 is 6.09 Å². The number of aliphatic hydroxyl groups excluding tert-OH is 1. The molecule has 1 heterocycles. The number of hydrogen-bond acceptors (Lipinski definition) is 4. The largest absolute Gasteiger partial charge is 0.450 e. The van der Waals surface area contributed by atoms with E-state index in [0.29, 0.717) is 12.6 Å². The van der Waals surface area contributed by atoms with Crippen LogP contribution < -0.4 is 5.32 Å². The van der Waals surface area contributed by atoms with Crippen molar-refractivity contribution in [3.8, 4) is 0 Å². The van der Waals surface area contributed by atoms with Gasteiger partial charge in [-0.3, -0.25) is 4.90 Å². The third-order valence-electron chi connectivity index (χ3n) is 4.38. The minimum absolute atomic E-state index is 0.0907. The van der Waals surface area contributed by atoms with Gasteiger partial charge in [0, 0.05) is 25.2 Å². The lowest BCUT2D eigenvalue weighted by Crippen LogP contribution is -2.56. The SMILES string of the molecule is CCOC(=O)NC1CC(C(C)O)CN(C2CCC2)C1. The molecule has 0 spiro atoms. The first kappa shape index (κ1) is 14.6. The Balaban J connectivity index is 1.91. The van der Waals surface area contributed by atoms with Gasteiger partial charge in [0.2, 0.25) is 0 Å². The molecular weight excluding hydrogens is 244 g/mol. The quantitative estimate of drug-likeness (QED) is 0.809. The number of alkyl carbamates (subject to hydrolysis) is 1. The van der Waals surface area contributed by atoms with Gasteiger partial charge < -0.3 is 15.2 Å². The molecule has 19 heavy (non-hydrogen) atoms. The normalized spacial score (nSPS) is 30.5. The molecule has 5 nitrogen and oxygen atoms in total. The monoisotopic (exact) mass is 270 g/mol. The van der Waals surface area contributed by atoms with Crippen LogP contribution in [0.3, 0.4) is 0 Å². The minimum Gasteiger partial charge on any atom is -0.450 e. The summed E-state index contributed by atoms with van der Waals surface area (Å²) in [4.78, 5) is 14.0.